The monoisotopic (exact) mass is 379 g/mol. The van der Waals surface area contributed by atoms with Gasteiger partial charge in [-0.1, -0.05) is 19.8 Å². The minimum absolute atomic E-state index is 0.00378. The molecule has 0 amide bonds. The highest BCUT2D eigenvalue weighted by atomic mass is 19.1. The first kappa shape index (κ1) is 18.5. The van der Waals surface area contributed by atoms with Crippen molar-refractivity contribution in [3.05, 3.63) is 53.8 Å². The fourth-order valence-electron chi connectivity index (χ4n) is 4.08. The molecule has 28 heavy (non-hydrogen) atoms. The SMILES string of the molecule is CCCC1CCN(c2ccc(N=Cc3c(O)[nH]c4ccc(F)cc34)cc2)CC1. The van der Waals surface area contributed by atoms with Crippen LogP contribution in [0, 0.1) is 11.7 Å². The van der Waals surface area contributed by atoms with E-state index in [1.165, 1.54) is 43.5 Å². The number of halogens is 1. The molecule has 0 atom stereocenters. The van der Waals surface area contributed by atoms with E-state index in [1.807, 2.05) is 12.1 Å². The van der Waals surface area contributed by atoms with E-state index >= 15 is 0 Å². The first-order chi connectivity index (χ1) is 13.6. The van der Waals surface area contributed by atoms with Crippen LogP contribution < -0.4 is 4.90 Å². The summed E-state index contributed by atoms with van der Waals surface area (Å²) in [6, 6.07) is 12.5. The second-order valence-corrected chi connectivity index (χ2v) is 7.57. The first-order valence-corrected chi connectivity index (χ1v) is 10.0. The van der Waals surface area contributed by atoms with Crippen molar-refractivity contribution in [3.8, 4) is 5.88 Å². The minimum Gasteiger partial charge on any atom is -0.494 e. The number of hydrogen-bond acceptors (Lipinski definition) is 3. The van der Waals surface area contributed by atoms with Crippen molar-refractivity contribution < 1.29 is 9.50 Å². The van der Waals surface area contributed by atoms with Crippen molar-refractivity contribution >= 4 is 28.5 Å². The second-order valence-electron chi connectivity index (χ2n) is 7.57. The van der Waals surface area contributed by atoms with Gasteiger partial charge < -0.3 is 15.0 Å². The van der Waals surface area contributed by atoms with Gasteiger partial charge in [0.1, 0.15) is 5.82 Å². The number of H-pyrrole nitrogens is 1. The predicted molar refractivity (Wildman–Crippen MR) is 113 cm³/mol. The number of benzene rings is 2. The summed E-state index contributed by atoms with van der Waals surface area (Å²) in [6.45, 7) is 4.49. The fourth-order valence-corrected chi connectivity index (χ4v) is 4.08. The van der Waals surface area contributed by atoms with E-state index in [1.54, 1.807) is 12.3 Å². The molecule has 3 aromatic rings. The van der Waals surface area contributed by atoms with E-state index in [-0.39, 0.29) is 11.7 Å². The third kappa shape index (κ3) is 3.88. The van der Waals surface area contributed by atoms with Crippen molar-refractivity contribution in [1.29, 1.82) is 0 Å². The molecule has 0 unspecified atom stereocenters. The number of piperidine rings is 1. The Hall–Kier alpha value is -2.82. The maximum absolute atomic E-state index is 13.5. The number of aromatic hydroxyl groups is 1. The van der Waals surface area contributed by atoms with Crippen molar-refractivity contribution in [2.24, 2.45) is 10.9 Å². The number of aromatic amines is 1. The van der Waals surface area contributed by atoms with Crippen molar-refractivity contribution in [2.45, 2.75) is 32.6 Å². The largest absolute Gasteiger partial charge is 0.494 e. The Morgan fingerprint density at radius 2 is 1.93 bits per heavy atom. The van der Waals surface area contributed by atoms with Gasteiger partial charge in [-0.05, 0) is 61.2 Å². The minimum atomic E-state index is -0.340. The van der Waals surface area contributed by atoms with E-state index in [4.69, 9.17) is 0 Å². The molecule has 1 fully saturated rings. The lowest BCUT2D eigenvalue weighted by atomic mass is 9.92. The third-order valence-corrected chi connectivity index (χ3v) is 5.65. The maximum atomic E-state index is 13.5. The summed E-state index contributed by atoms with van der Waals surface area (Å²) in [5.41, 5.74) is 3.21. The first-order valence-electron chi connectivity index (χ1n) is 10.0. The van der Waals surface area contributed by atoms with Crippen LogP contribution >= 0.6 is 0 Å². The van der Waals surface area contributed by atoms with Gasteiger partial charge in [0.25, 0.3) is 0 Å². The highest BCUT2D eigenvalue weighted by molar-refractivity contribution is 6.02. The van der Waals surface area contributed by atoms with Crippen LogP contribution in [0.3, 0.4) is 0 Å². The number of hydrogen-bond donors (Lipinski definition) is 2. The maximum Gasteiger partial charge on any atom is 0.198 e. The lowest BCUT2D eigenvalue weighted by Gasteiger charge is -2.33. The molecule has 5 heteroatoms. The average Bonchev–Trinajstić information content (AvgIpc) is 3.02. The number of rotatable bonds is 5. The van der Waals surface area contributed by atoms with Gasteiger partial charge in [0, 0.05) is 35.9 Å². The van der Waals surface area contributed by atoms with Gasteiger partial charge in [0.05, 0.1) is 11.3 Å². The molecule has 2 aromatic carbocycles. The van der Waals surface area contributed by atoms with Crippen LogP contribution in [0.2, 0.25) is 0 Å². The van der Waals surface area contributed by atoms with Crippen LogP contribution in [0.1, 0.15) is 38.2 Å². The molecule has 4 nitrogen and oxygen atoms in total. The van der Waals surface area contributed by atoms with Crippen molar-refractivity contribution in [2.75, 3.05) is 18.0 Å². The summed E-state index contributed by atoms with van der Waals surface area (Å²) in [4.78, 5) is 9.75. The Morgan fingerprint density at radius 3 is 2.64 bits per heavy atom. The summed E-state index contributed by atoms with van der Waals surface area (Å²) in [7, 11) is 0. The van der Waals surface area contributed by atoms with E-state index in [9.17, 15) is 9.50 Å². The molecular formula is C23H26FN3O. The molecule has 146 valence electrons. The quantitative estimate of drug-likeness (QED) is 0.552. The van der Waals surface area contributed by atoms with Gasteiger partial charge in [-0.15, -0.1) is 0 Å². The highest BCUT2D eigenvalue weighted by Crippen LogP contribution is 2.29. The van der Waals surface area contributed by atoms with Crippen molar-refractivity contribution in [1.82, 2.24) is 4.98 Å². The number of fused-ring (bicyclic) bond motifs is 1. The number of nitrogens with one attached hydrogen (secondary N) is 1. The topological polar surface area (TPSA) is 51.6 Å². The molecule has 0 bridgehead atoms. The van der Waals surface area contributed by atoms with E-state index in [0.29, 0.717) is 16.5 Å². The van der Waals surface area contributed by atoms with Crippen molar-refractivity contribution in [3.63, 3.8) is 0 Å². The Labute approximate surface area is 164 Å². The Bertz CT molecular complexity index is 969. The number of nitrogens with zero attached hydrogens (tertiary/aromatic N) is 2. The summed E-state index contributed by atoms with van der Waals surface area (Å²) in [5, 5.41) is 10.7. The lowest BCUT2D eigenvalue weighted by molar-refractivity contribution is 0.378. The van der Waals surface area contributed by atoms with Crippen LogP contribution in [0.25, 0.3) is 10.9 Å². The van der Waals surface area contributed by atoms with Crippen LogP contribution in [-0.4, -0.2) is 29.4 Å². The molecule has 4 rings (SSSR count). The smallest absolute Gasteiger partial charge is 0.198 e. The molecule has 2 N–H and O–H groups in total. The van der Waals surface area contributed by atoms with Crippen LogP contribution in [0.5, 0.6) is 5.88 Å². The van der Waals surface area contributed by atoms with Crippen LogP contribution in [-0.2, 0) is 0 Å². The fraction of sp³-hybridized carbons (Fsp3) is 0.348. The summed E-state index contributed by atoms with van der Waals surface area (Å²) < 4.78 is 13.5. The second kappa shape index (κ2) is 8.05. The standard InChI is InChI=1S/C23H26FN3O/c1-2-3-16-10-12-27(13-11-16)19-7-5-18(6-8-19)25-15-21-20-14-17(24)4-9-22(20)26-23(21)28/h4-9,14-16,26,28H,2-3,10-13H2,1H3. The van der Waals surface area contributed by atoms with E-state index in [2.05, 4.69) is 33.9 Å². The van der Waals surface area contributed by atoms with Crippen LogP contribution in [0.15, 0.2) is 47.5 Å². The summed E-state index contributed by atoms with van der Waals surface area (Å²) in [5.74, 6) is 0.531. The average molecular weight is 379 g/mol. The zero-order valence-electron chi connectivity index (χ0n) is 16.2. The molecule has 1 aromatic heterocycles. The van der Waals surface area contributed by atoms with E-state index < -0.39 is 0 Å². The summed E-state index contributed by atoms with van der Waals surface area (Å²) in [6.07, 6.45) is 6.73. The zero-order chi connectivity index (χ0) is 19.5. The van der Waals surface area contributed by atoms with Gasteiger partial charge in [-0.25, -0.2) is 4.39 Å². The molecular weight excluding hydrogens is 353 g/mol. The third-order valence-electron chi connectivity index (χ3n) is 5.65. The van der Waals surface area contributed by atoms with Gasteiger partial charge in [0.2, 0.25) is 0 Å². The number of aromatic nitrogens is 1. The normalized spacial score (nSPS) is 15.7. The van der Waals surface area contributed by atoms with E-state index in [0.717, 1.165) is 24.7 Å². The Kier molecular flexibility index (Phi) is 5.33. The molecule has 1 aliphatic rings. The lowest BCUT2D eigenvalue weighted by Crippen LogP contribution is -2.33. The zero-order valence-corrected chi connectivity index (χ0v) is 16.2. The number of anilines is 1. The van der Waals surface area contributed by atoms with Gasteiger partial charge in [0.15, 0.2) is 5.88 Å². The molecule has 1 saturated heterocycles. The molecule has 2 heterocycles. The predicted octanol–water partition coefficient (Wildman–Crippen LogP) is 5.78. The summed E-state index contributed by atoms with van der Waals surface area (Å²) >= 11 is 0. The van der Waals surface area contributed by atoms with Gasteiger partial charge in [-0.3, -0.25) is 4.99 Å². The number of aliphatic imine (C=N–C) groups is 1. The Morgan fingerprint density at radius 1 is 1.18 bits per heavy atom. The molecule has 0 aliphatic carbocycles. The molecule has 0 radical (unpaired) electrons. The molecule has 0 saturated carbocycles. The molecule has 0 spiro atoms. The molecule has 1 aliphatic heterocycles. The van der Waals surface area contributed by atoms with Crippen LogP contribution in [0.4, 0.5) is 15.8 Å². The Balaban J connectivity index is 1.47. The van der Waals surface area contributed by atoms with Gasteiger partial charge in [-0.2, -0.15) is 0 Å². The highest BCUT2D eigenvalue weighted by Gasteiger charge is 2.18. The van der Waals surface area contributed by atoms with Gasteiger partial charge >= 0.3 is 0 Å².